The van der Waals surface area contributed by atoms with Gasteiger partial charge in [0.05, 0.1) is 6.04 Å². The Hall–Kier alpha value is -3.35. The Morgan fingerprint density at radius 2 is 1.67 bits per heavy atom. The molecule has 30 heavy (non-hydrogen) atoms. The zero-order valence-corrected chi connectivity index (χ0v) is 17.2. The van der Waals surface area contributed by atoms with Crippen LogP contribution in [-0.4, -0.2) is 35.5 Å². The minimum atomic E-state index is -0.824. The number of benzene rings is 2. The number of amides is 2. The Morgan fingerprint density at radius 3 is 2.27 bits per heavy atom. The first-order chi connectivity index (χ1) is 14.4. The number of aldehydes is 1. The van der Waals surface area contributed by atoms with Gasteiger partial charge in [-0.2, -0.15) is 0 Å². The predicted molar refractivity (Wildman–Crippen MR) is 113 cm³/mol. The number of carbonyl (C=O) groups is 3. The summed E-state index contributed by atoms with van der Waals surface area (Å²) >= 11 is 0. The highest BCUT2D eigenvalue weighted by molar-refractivity contribution is 5.87. The topological polar surface area (TPSA) is 105 Å². The van der Waals surface area contributed by atoms with E-state index < -0.39 is 24.1 Å². The molecule has 0 aliphatic rings. The maximum absolute atomic E-state index is 12.7. The number of ether oxygens (including phenoxy) is 1. The zero-order valence-electron chi connectivity index (χ0n) is 17.2. The van der Waals surface area contributed by atoms with Crippen LogP contribution in [0.15, 0.2) is 54.6 Å². The van der Waals surface area contributed by atoms with Gasteiger partial charge in [-0.15, -0.1) is 0 Å². The van der Waals surface area contributed by atoms with Gasteiger partial charge in [-0.3, -0.25) is 4.79 Å². The van der Waals surface area contributed by atoms with E-state index in [9.17, 15) is 19.5 Å². The molecule has 2 amide bonds. The van der Waals surface area contributed by atoms with Crippen LogP contribution in [0.2, 0.25) is 0 Å². The SMILES string of the molecule is CC(C)C[C@H](NC(=O)OCc1ccccc1)C(=O)N[C@H](C=O)Cc1ccc(O)cc1. The van der Waals surface area contributed by atoms with Crippen molar-refractivity contribution in [2.24, 2.45) is 5.92 Å². The Morgan fingerprint density at radius 1 is 1.00 bits per heavy atom. The molecule has 160 valence electrons. The zero-order chi connectivity index (χ0) is 21.9. The molecule has 7 heteroatoms. The Labute approximate surface area is 176 Å². The lowest BCUT2D eigenvalue weighted by Crippen LogP contribution is -2.51. The van der Waals surface area contributed by atoms with E-state index in [2.05, 4.69) is 10.6 Å². The average Bonchev–Trinajstić information content (AvgIpc) is 2.73. The fourth-order valence-electron chi connectivity index (χ4n) is 2.91. The van der Waals surface area contributed by atoms with Crippen molar-refractivity contribution in [3.8, 4) is 5.75 Å². The number of phenolic OH excluding ortho intramolecular Hbond substituents is 1. The predicted octanol–water partition coefficient (Wildman–Crippen LogP) is 2.96. The number of aromatic hydroxyl groups is 1. The number of alkyl carbamates (subject to hydrolysis) is 1. The molecule has 0 spiro atoms. The van der Waals surface area contributed by atoms with Gasteiger partial charge in [0.2, 0.25) is 5.91 Å². The number of phenols is 1. The van der Waals surface area contributed by atoms with Gasteiger partial charge in [0.1, 0.15) is 24.7 Å². The first kappa shape index (κ1) is 22.9. The van der Waals surface area contributed by atoms with Gasteiger partial charge in [-0.25, -0.2) is 4.79 Å². The van der Waals surface area contributed by atoms with Crippen molar-refractivity contribution in [1.29, 1.82) is 0 Å². The first-order valence-electron chi connectivity index (χ1n) is 9.88. The molecule has 0 saturated heterocycles. The van der Waals surface area contributed by atoms with Gasteiger partial charge in [-0.1, -0.05) is 56.3 Å². The van der Waals surface area contributed by atoms with Crippen molar-refractivity contribution < 1.29 is 24.2 Å². The summed E-state index contributed by atoms with van der Waals surface area (Å²) in [5.41, 5.74) is 1.63. The molecular weight excluding hydrogens is 384 g/mol. The number of hydrogen-bond donors (Lipinski definition) is 3. The van der Waals surface area contributed by atoms with Gasteiger partial charge in [0.25, 0.3) is 0 Å². The standard InChI is InChI=1S/C23H28N2O5/c1-16(2)12-21(25-23(29)30-15-18-6-4-3-5-7-18)22(28)24-19(14-26)13-17-8-10-20(27)11-9-17/h3-11,14,16,19,21,27H,12-13,15H2,1-2H3,(H,24,28)(H,25,29)/t19-,21-/m0/s1. The Bertz CT molecular complexity index is 821. The second kappa shape index (κ2) is 11.6. The van der Waals surface area contributed by atoms with Crippen molar-refractivity contribution >= 4 is 18.3 Å². The summed E-state index contributed by atoms with van der Waals surface area (Å²) in [6.07, 6.45) is 0.644. The molecule has 0 aromatic heterocycles. The summed E-state index contributed by atoms with van der Waals surface area (Å²) in [7, 11) is 0. The van der Waals surface area contributed by atoms with Crippen LogP contribution in [0.4, 0.5) is 4.79 Å². The van der Waals surface area contributed by atoms with E-state index in [4.69, 9.17) is 4.74 Å². The molecule has 0 aliphatic heterocycles. The minimum Gasteiger partial charge on any atom is -0.508 e. The lowest BCUT2D eigenvalue weighted by atomic mass is 10.0. The van der Waals surface area contributed by atoms with Gasteiger partial charge in [-0.05, 0) is 42.0 Å². The van der Waals surface area contributed by atoms with Crippen molar-refractivity contribution in [2.45, 2.75) is 45.4 Å². The highest BCUT2D eigenvalue weighted by atomic mass is 16.5. The Balaban J connectivity index is 1.94. The largest absolute Gasteiger partial charge is 0.508 e. The third kappa shape index (κ3) is 7.95. The third-order valence-corrected chi connectivity index (χ3v) is 4.41. The van der Waals surface area contributed by atoms with Crippen molar-refractivity contribution in [3.63, 3.8) is 0 Å². The maximum Gasteiger partial charge on any atom is 0.408 e. The summed E-state index contributed by atoms with van der Waals surface area (Å²) in [6.45, 7) is 3.97. The summed E-state index contributed by atoms with van der Waals surface area (Å²) in [6, 6.07) is 14.1. The number of nitrogens with one attached hydrogen (secondary N) is 2. The van der Waals surface area contributed by atoms with Gasteiger partial charge in [0, 0.05) is 0 Å². The van der Waals surface area contributed by atoms with Crippen LogP contribution in [0.5, 0.6) is 5.75 Å². The molecule has 2 aromatic carbocycles. The van der Waals surface area contributed by atoms with Crippen LogP contribution in [-0.2, 0) is 27.4 Å². The molecule has 0 radical (unpaired) electrons. The quantitative estimate of drug-likeness (QED) is 0.521. The van der Waals surface area contributed by atoms with Crippen LogP contribution in [0, 0.1) is 5.92 Å². The van der Waals surface area contributed by atoms with E-state index >= 15 is 0 Å². The molecule has 0 fully saturated rings. The van der Waals surface area contributed by atoms with E-state index in [-0.39, 0.29) is 24.7 Å². The maximum atomic E-state index is 12.7. The number of rotatable bonds is 10. The van der Waals surface area contributed by atoms with Crippen molar-refractivity contribution in [3.05, 3.63) is 65.7 Å². The molecule has 0 heterocycles. The molecule has 3 N–H and O–H groups in total. The molecule has 2 rings (SSSR count). The van der Waals surface area contributed by atoms with Crippen LogP contribution in [0.1, 0.15) is 31.4 Å². The smallest absolute Gasteiger partial charge is 0.408 e. The average molecular weight is 412 g/mol. The minimum absolute atomic E-state index is 0.0977. The first-order valence-corrected chi connectivity index (χ1v) is 9.88. The molecule has 0 bridgehead atoms. The highest BCUT2D eigenvalue weighted by Gasteiger charge is 2.25. The lowest BCUT2D eigenvalue weighted by molar-refractivity contribution is -0.126. The molecule has 0 aliphatic carbocycles. The fourth-order valence-corrected chi connectivity index (χ4v) is 2.91. The van der Waals surface area contributed by atoms with E-state index in [1.54, 1.807) is 12.1 Å². The molecular formula is C23H28N2O5. The van der Waals surface area contributed by atoms with E-state index in [0.29, 0.717) is 12.7 Å². The lowest BCUT2D eigenvalue weighted by Gasteiger charge is -2.22. The highest BCUT2D eigenvalue weighted by Crippen LogP contribution is 2.12. The molecule has 0 unspecified atom stereocenters. The monoisotopic (exact) mass is 412 g/mol. The van der Waals surface area contributed by atoms with E-state index in [1.807, 2.05) is 44.2 Å². The van der Waals surface area contributed by atoms with Gasteiger partial charge >= 0.3 is 6.09 Å². The summed E-state index contributed by atoms with van der Waals surface area (Å²) in [5, 5.41) is 14.6. The summed E-state index contributed by atoms with van der Waals surface area (Å²) < 4.78 is 5.21. The second-order valence-corrected chi connectivity index (χ2v) is 7.51. The Kier molecular flexibility index (Phi) is 8.87. The van der Waals surface area contributed by atoms with Gasteiger partial charge in [0.15, 0.2) is 0 Å². The normalized spacial score (nSPS) is 12.6. The molecule has 2 atom stereocenters. The van der Waals surface area contributed by atoms with Crippen molar-refractivity contribution in [2.75, 3.05) is 0 Å². The van der Waals surface area contributed by atoms with Crippen LogP contribution < -0.4 is 10.6 Å². The second-order valence-electron chi connectivity index (χ2n) is 7.51. The van der Waals surface area contributed by atoms with E-state index in [0.717, 1.165) is 11.1 Å². The van der Waals surface area contributed by atoms with Crippen LogP contribution in [0.3, 0.4) is 0 Å². The van der Waals surface area contributed by atoms with Gasteiger partial charge < -0.3 is 25.3 Å². The molecule has 0 saturated carbocycles. The van der Waals surface area contributed by atoms with E-state index in [1.165, 1.54) is 12.1 Å². The third-order valence-electron chi connectivity index (χ3n) is 4.41. The van der Waals surface area contributed by atoms with Crippen LogP contribution >= 0.6 is 0 Å². The number of hydrogen-bond acceptors (Lipinski definition) is 5. The fraction of sp³-hybridized carbons (Fsp3) is 0.348. The number of carbonyl (C=O) groups excluding carboxylic acids is 3. The summed E-state index contributed by atoms with van der Waals surface area (Å²) in [4.78, 5) is 36.4. The van der Waals surface area contributed by atoms with Crippen LogP contribution in [0.25, 0.3) is 0 Å². The summed E-state index contributed by atoms with van der Waals surface area (Å²) in [5.74, 6) is -0.182. The molecule has 2 aromatic rings. The van der Waals surface area contributed by atoms with Crippen molar-refractivity contribution in [1.82, 2.24) is 10.6 Å². The molecule has 7 nitrogen and oxygen atoms in total.